The van der Waals surface area contributed by atoms with Gasteiger partial charge in [0.25, 0.3) is 0 Å². The summed E-state index contributed by atoms with van der Waals surface area (Å²) in [5, 5.41) is 17.9. The number of nitrogens with two attached hydrogens (primary N) is 1. The number of hydrogen-bond acceptors (Lipinski definition) is 9. The van der Waals surface area contributed by atoms with E-state index in [1.807, 2.05) is 16.8 Å². The predicted molar refractivity (Wildman–Crippen MR) is 142 cm³/mol. The van der Waals surface area contributed by atoms with Gasteiger partial charge in [-0.3, -0.25) is 9.59 Å². The number of rotatable bonds is 7. The average Bonchev–Trinajstić information content (AvgIpc) is 3.67. The summed E-state index contributed by atoms with van der Waals surface area (Å²) in [6, 6.07) is 3.77. The van der Waals surface area contributed by atoms with E-state index in [-0.39, 0.29) is 29.8 Å². The lowest BCUT2D eigenvalue weighted by atomic mass is 9.84. The number of oxazole rings is 1. The van der Waals surface area contributed by atoms with E-state index >= 15 is 0 Å². The van der Waals surface area contributed by atoms with E-state index in [0.29, 0.717) is 22.9 Å². The first kappa shape index (κ1) is 25.0. The number of amides is 1. The molecule has 39 heavy (non-hydrogen) atoms. The Kier molecular flexibility index (Phi) is 5.67. The van der Waals surface area contributed by atoms with Crippen LogP contribution in [0.1, 0.15) is 63.6 Å². The minimum absolute atomic E-state index is 0.0912. The van der Waals surface area contributed by atoms with E-state index in [0.717, 1.165) is 17.6 Å². The van der Waals surface area contributed by atoms with Crippen molar-refractivity contribution in [3.05, 3.63) is 41.7 Å². The van der Waals surface area contributed by atoms with Gasteiger partial charge < -0.3 is 20.6 Å². The number of nitrogen functional groups attached to an aromatic ring is 1. The van der Waals surface area contributed by atoms with E-state index in [1.165, 1.54) is 31.9 Å². The lowest BCUT2D eigenvalue weighted by Crippen LogP contribution is -2.33. The van der Waals surface area contributed by atoms with Gasteiger partial charge in [-0.2, -0.15) is 5.10 Å². The van der Waals surface area contributed by atoms with Crippen LogP contribution in [0.25, 0.3) is 22.6 Å². The number of carboxylic acid groups (broad SMARTS) is 1. The van der Waals surface area contributed by atoms with Crippen molar-refractivity contribution in [2.75, 3.05) is 11.1 Å². The molecule has 1 aliphatic heterocycles. The van der Waals surface area contributed by atoms with Crippen molar-refractivity contribution in [3.63, 3.8) is 0 Å². The molecule has 12 heteroatoms. The lowest BCUT2D eigenvalue weighted by molar-refractivity contribution is -0.146. The molecule has 1 aliphatic carbocycles. The van der Waals surface area contributed by atoms with Crippen molar-refractivity contribution >= 4 is 34.5 Å². The van der Waals surface area contributed by atoms with E-state index in [2.05, 4.69) is 25.3 Å². The Hall–Kier alpha value is -4.35. The number of nitrogens with zero attached hydrogens (tertiary/aromatic N) is 6. The zero-order valence-corrected chi connectivity index (χ0v) is 22.1. The van der Waals surface area contributed by atoms with Gasteiger partial charge in [0.05, 0.1) is 22.1 Å². The third kappa shape index (κ3) is 4.01. The number of carbonyl (C=O) groups excluding carboxylic acids is 1. The summed E-state index contributed by atoms with van der Waals surface area (Å²) in [6.07, 6.45) is 8.06. The summed E-state index contributed by atoms with van der Waals surface area (Å²) < 4.78 is 7.62. The highest BCUT2D eigenvalue weighted by atomic mass is 16.4. The monoisotopic (exact) mass is 530 g/mol. The zero-order chi connectivity index (χ0) is 27.5. The molecule has 12 nitrogen and oxygen atoms in total. The third-order valence-electron chi connectivity index (χ3n) is 7.93. The second kappa shape index (κ2) is 8.85. The molecular weight excluding hydrogens is 500 g/mol. The van der Waals surface area contributed by atoms with Crippen molar-refractivity contribution in [1.29, 1.82) is 0 Å². The topological polar surface area (TPSA) is 175 Å². The fourth-order valence-corrected chi connectivity index (χ4v) is 5.60. The number of hydrogen-bond donors (Lipinski definition) is 3. The first-order chi connectivity index (χ1) is 18.6. The van der Waals surface area contributed by atoms with Gasteiger partial charge in [-0.05, 0) is 51.7 Å². The molecule has 0 aromatic carbocycles. The summed E-state index contributed by atoms with van der Waals surface area (Å²) in [7, 11) is 0. The maximum absolute atomic E-state index is 13.3. The zero-order valence-electron chi connectivity index (χ0n) is 22.1. The number of carbonyl (C=O) groups is 2. The van der Waals surface area contributed by atoms with Crippen molar-refractivity contribution in [2.24, 2.45) is 11.3 Å². The molecule has 1 amide bonds. The third-order valence-corrected chi connectivity index (χ3v) is 7.93. The van der Waals surface area contributed by atoms with E-state index in [4.69, 9.17) is 15.2 Å². The van der Waals surface area contributed by atoms with Crippen molar-refractivity contribution in [2.45, 2.75) is 64.8 Å². The molecule has 2 aliphatic rings. The Morgan fingerprint density at radius 1 is 1.28 bits per heavy atom. The molecule has 1 atom stereocenters. The highest BCUT2D eigenvalue weighted by molar-refractivity contribution is 6.08. The van der Waals surface area contributed by atoms with Gasteiger partial charge in [0.1, 0.15) is 23.6 Å². The molecule has 0 bridgehead atoms. The number of aromatic nitrogens is 6. The van der Waals surface area contributed by atoms with Crippen molar-refractivity contribution in [3.8, 4) is 11.5 Å². The van der Waals surface area contributed by atoms with Gasteiger partial charge in [0, 0.05) is 19.2 Å². The Bertz CT molecular complexity index is 1620. The van der Waals surface area contributed by atoms with Gasteiger partial charge in [-0.1, -0.05) is 12.8 Å². The minimum Gasteiger partial charge on any atom is -0.481 e. The van der Waals surface area contributed by atoms with Crippen LogP contribution in [0, 0.1) is 11.3 Å². The second-order valence-corrected chi connectivity index (χ2v) is 11.3. The van der Waals surface area contributed by atoms with Crippen LogP contribution in [0.5, 0.6) is 0 Å². The molecule has 6 rings (SSSR count). The van der Waals surface area contributed by atoms with Crippen molar-refractivity contribution in [1.82, 2.24) is 29.7 Å². The highest BCUT2D eigenvalue weighted by Gasteiger charge is 2.51. The van der Waals surface area contributed by atoms with Gasteiger partial charge in [0.15, 0.2) is 16.9 Å². The molecule has 0 spiro atoms. The van der Waals surface area contributed by atoms with Crippen LogP contribution in [0.15, 0.2) is 29.0 Å². The maximum atomic E-state index is 13.3. The minimum atomic E-state index is -1.39. The van der Waals surface area contributed by atoms with Gasteiger partial charge in [-0.15, -0.1) is 0 Å². The smallest absolute Gasteiger partial charge is 0.309 e. The van der Waals surface area contributed by atoms with Crippen LogP contribution in [-0.2, 0) is 28.0 Å². The van der Waals surface area contributed by atoms with Gasteiger partial charge >= 0.3 is 5.97 Å². The van der Waals surface area contributed by atoms with Crippen LogP contribution < -0.4 is 11.1 Å². The summed E-state index contributed by atoms with van der Waals surface area (Å²) in [5.41, 5.74) is 6.10. The highest BCUT2D eigenvalue weighted by Crippen LogP contribution is 2.45. The molecule has 1 saturated carbocycles. The standard InChI is InChI=1S/C27H30N8O4/c1-26(2,25(37)38)11-15-13-39-24(30-15)27(3)17-19(28)31-21(32-20(17)33-23(27)36)18-16-9-6-10-29-22(16)35(34-18)12-14-7-4-5-8-14/h6,9-10,13-14H,4-5,7-8,11-12H2,1-3H3,(H,37,38)(H3,28,31,32,33,36). The number of fused-ring (bicyclic) bond motifs is 2. The van der Waals surface area contributed by atoms with Crippen LogP contribution in [0.3, 0.4) is 0 Å². The summed E-state index contributed by atoms with van der Waals surface area (Å²) in [5.74, 6) is -0.0769. The number of carboxylic acids is 1. The molecule has 4 aromatic rings. The summed E-state index contributed by atoms with van der Waals surface area (Å²) in [6.45, 7) is 5.62. The molecule has 0 saturated heterocycles. The van der Waals surface area contributed by atoms with Crippen molar-refractivity contribution < 1.29 is 19.1 Å². The molecule has 4 aromatic heterocycles. The SMILES string of the molecule is CC(C)(Cc1coc(C2(C)C(=O)Nc3nc(-c4nn(CC5CCCC5)c5ncccc45)nc(N)c32)n1)C(=O)O. The Labute approximate surface area is 224 Å². The fraction of sp³-hybridized carbons (Fsp3) is 0.444. The molecule has 1 unspecified atom stereocenters. The number of nitrogens with one attached hydrogen (secondary N) is 1. The predicted octanol–water partition coefficient (Wildman–Crippen LogP) is 3.56. The molecular formula is C27H30N8O4. The van der Waals surface area contributed by atoms with Crippen LogP contribution >= 0.6 is 0 Å². The first-order valence-electron chi connectivity index (χ1n) is 13.1. The fourth-order valence-electron chi connectivity index (χ4n) is 5.60. The Morgan fingerprint density at radius 3 is 2.79 bits per heavy atom. The number of pyridine rings is 1. The van der Waals surface area contributed by atoms with Gasteiger partial charge in [0.2, 0.25) is 11.8 Å². The van der Waals surface area contributed by atoms with Crippen LogP contribution in [0.2, 0.25) is 0 Å². The Morgan fingerprint density at radius 2 is 2.05 bits per heavy atom. The summed E-state index contributed by atoms with van der Waals surface area (Å²) >= 11 is 0. The number of anilines is 2. The first-order valence-corrected chi connectivity index (χ1v) is 13.1. The number of aliphatic carboxylic acids is 1. The molecule has 4 N–H and O–H groups in total. The van der Waals surface area contributed by atoms with Crippen LogP contribution in [0.4, 0.5) is 11.6 Å². The van der Waals surface area contributed by atoms with E-state index < -0.39 is 22.7 Å². The quantitative estimate of drug-likeness (QED) is 0.320. The average molecular weight is 531 g/mol. The van der Waals surface area contributed by atoms with Crippen LogP contribution in [-0.4, -0.2) is 46.7 Å². The Balaban J connectivity index is 1.39. The molecule has 202 valence electrons. The van der Waals surface area contributed by atoms with Gasteiger partial charge in [-0.25, -0.2) is 24.6 Å². The molecule has 0 radical (unpaired) electrons. The summed E-state index contributed by atoms with van der Waals surface area (Å²) in [4.78, 5) is 43.2. The maximum Gasteiger partial charge on any atom is 0.309 e. The normalized spacial score (nSPS) is 19.5. The van der Waals surface area contributed by atoms with E-state index in [1.54, 1.807) is 27.0 Å². The lowest BCUT2D eigenvalue weighted by Gasteiger charge is -2.19. The molecule has 1 fully saturated rings. The molecule has 5 heterocycles. The second-order valence-electron chi connectivity index (χ2n) is 11.3. The largest absolute Gasteiger partial charge is 0.481 e. The van der Waals surface area contributed by atoms with E-state index in [9.17, 15) is 14.7 Å².